The van der Waals surface area contributed by atoms with Crippen molar-refractivity contribution in [3.63, 3.8) is 0 Å². The lowest BCUT2D eigenvalue weighted by molar-refractivity contribution is -0.0291. The standard InChI is InChI=1S/C16H30N2O4/c1-12-16(20,7-10-21-12)11-17-13-5-8-18(9-6-13)14(19)22-15(2,3)4/h12-13,17,20H,5-11H2,1-4H3. The van der Waals surface area contributed by atoms with Gasteiger partial charge in [0.2, 0.25) is 0 Å². The highest BCUT2D eigenvalue weighted by atomic mass is 16.6. The zero-order valence-corrected chi connectivity index (χ0v) is 14.2. The van der Waals surface area contributed by atoms with E-state index in [0.29, 0.717) is 38.7 Å². The predicted molar refractivity (Wildman–Crippen MR) is 83.8 cm³/mol. The Hall–Kier alpha value is -0.850. The lowest BCUT2D eigenvalue weighted by Gasteiger charge is -2.35. The summed E-state index contributed by atoms with van der Waals surface area (Å²) in [5, 5.41) is 13.9. The van der Waals surface area contributed by atoms with Crippen LogP contribution in [0.5, 0.6) is 0 Å². The monoisotopic (exact) mass is 314 g/mol. The number of likely N-dealkylation sites (tertiary alicyclic amines) is 1. The van der Waals surface area contributed by atoms with Gasteiger partial charge in [0.1, 0.15) is 11.2 Å². The smallest absolute Gasteiger partial charge is 0.410 e. The Labute approximate surface area is 133 Å². The summed E-state index contributed by atoms with van der Waals surface area (Å²) in [6.45, 7) is 10.1. The van der Waals surface area contributed by atoms with Crippen LogP contribution in [0.15, 0.2) is 0 Å². The molecule has 22 heavy (non-hydrogen) atoms. The Morgan fingerprint density at radius 3 is 2.55 bits per heavy atom. The molecule has 128 valence electrons. The van der Waals surface area contributed by atoms with Gasteiger partial charge in [-0.2, -0.15) is 0 Å². The maximum absolute atomic E-state index is 12.0. The molecule has 0 radical (unpaired) electrons. The lowest BCUT2D eigenvalue weighted by Crippen LogP contribution is -2.52. The third kappa shape index (κ3) is 4.57. The number of nitrogens with zero attached hydrogens (tertiary/aromatic N) is 1. The third-order valence-electron chi connectivity index (χ3n) is 4.50. The maximum atomic E-state index is 12.0. The van der Waals surface area contributed by atoms with Crippen molar-refractivity contribution in [2.45, 2.75) is 70.3 Å². The topological polar surface area (TPSA) is 71.0 Å². The van der Waals surface area contributed by atoms with Crippen LogP contribution >= 0.6 is 0 Å². The number of rotatable bonds is 3. The molecule has 2 fully saturated rings. The van der Waals surface area contributed by atoms with Crippen LogP contribution in [-0.4, -0.2) is 65.7 Å². The first-order valence-corrected chi connectivity index (χ1v) is 8.25. The van der Waals surface area contributed by atoms with Gasteiger partial charge >= 0.3 is 6.09 Å². The van der Waals surface area contributed by atoms with Crippen LogP contribution in [0.25, 0.3) is 0 Å². The van der Waals surface area contributed by atoms with Crippen molar-refractivity contribution >= 4 is 6.09 Å². The first kappa shape index (κ1) is 17.5. The Bertz CT molecular complexity index is 388. The number of hydrogen-bond donors (Lipinski definition) is 2. The van der Waals surface area contributed by atoms with Crippen LogP contribution in [0.4, 0.5) is 4.79 Å². The number of hydrogen-bond acceptors (Lipinski definition) is 5. The van der Waals surface area contributed by atoms with Crippen LogP contribution in [0.2, 0.25) is 0 Å². The van der Waals surface area contributed by atoms with Crippen LogP contribution in [0.1, 0.15) is 47.0 Å². The van der Waals surface area contributed by atoms with E-state index in [1.807, 2.05) is 27.7 Å². The summed E-state index contributed by atoms with van der Waals surface area (Å²) >= 11 is 0. The maximum Gasteiger partial charge on any atom is 0.410 e. The highest BCUT2D eigenvalue weighted by Crippen LogP contribution is 2.25. The van der Waals surface area contributed by atoms with E-state index in [1.165, 1.54) is 0 Å². The molecule has 2 heterocycles. The average Bonchev–Trinajstić information content (AvgIpc) is 2.76. The molecular weight excluding hydrogens is 284 g/mol. The molecule has 0 aromatic heterocycles. The Morgan fingerprint density at radius 1 is 1.41 bits per heavy atom. The Balaban J connectivity index is 1.72. The molecule has 6 heteroatoms. The van der Waals surface area contributed by atoms with Gasteiger partial charge in [0, 0.05) is 38.7 Å². The van der Waals surface area contributed by atoms with Gasteiger partial charge in [-0.1, -0.05) is 0 Å². The molecule has 0 spiro atoms. The summed E-state index contributed by atoms with van der Waals surface area (Å²) in [6.07, 6.45) is 2.08. The summed E-state index contributed by atoms with van der Waals surface area (Å²) in [4.78, 5) is 13.8. The van der Waals surface area contributed by atoms with Crippen LogP contribution in [-0.2, 0) is 9.47 Å². The molecule has 2 saturated heterocycles. The van der Waals surface area contributed by atoms with E-state index in [9.17, 15) is 9.90 Å². The summed E-state index contributed by atoms with van der Waals surface area (Å²) in [7, 11) is 0. The van der Waals surface area contributed by atoms with E-state index in [-0.39, 0.29) is 12.2 Å². The molecular formula is C16H30N2O4. The van der Waals surface area contributed by atoms with Crippen LogP contribution in [0, 0.1) is 0 Å². The molecule has 0 aromatic rings. The van der Waals surface area contributed by atoms with E-state index in [2.05, 4.69) is 5.32 Å². The minimum absolute atomic E-state index is 0.123. The SMILES string of the molecule is CC1OCCC1(O)CNC1CCN(C(=O)OC(C)(C)C)CC1. The second-order valence-corrected chi connectivity index (χ2v) is 7.49. The van der Waals surface area contributed by atoms with Crippen molar-refractivity contribution in [1.29, 1.82) is 0 Å². The third-order valence-corrected chi connectivity index (χ3v) is 4.50. The van der Waals surface area contributed by atoms with Crippen molar-refractivity contribution in [2.75, 3.05) is 26.2 Å². The molecule has 2 aliphatic heterocycles. The first-order chi connectivity index (χ1) is 10.2. The second-order valence-electron chi connectivity index (χ2n) is 7.49. The zero-order chi connectivity index (χ0) is 16.4. The Kier molecular flexibility index (Phi) is 5.35. The van der Waals surface area contributed by atoms with E-state index < -0.39 is 11.2 Å². The minimum atomic E-state index is -0.762. The first-order valence-electron chi connectivity index (χ1n) is 8.25. The fraction of sp³-hybridized carbons (Fsp3) is 0.938. The molecule has 0 saturated carbocycles. The van der Waals surface area contributed by atoms with Crippen molar-refractivity contribution in [1.82, 2.24) is 10.2 Å². The second kappa shape index (κ2) is 6.72. The van der Waals surface area contributed by atoms with Gasteiger partial charge in [0.15, 0.2) is 0 Å². The van der Waals surface area contributed by atoms with Gasteiger partial charge < -0.3 is 24.8 Å². The van der Waals surface area contributed by atoms with Crippen LogP contribution < -0.4 is 5.32 Å². The van der Waals surface area contributed by atoms with Gasteiger partial charge in [-0.25, -0.2) is 4.79 Å². The van der Waals surface area contributed by atoms with Crippen molar-refractivity contribution in [2.24, 2.45) is 0 Å². The summed E-state index contributed by atoms with van der Waals surface area (Å²) in [6, 6.07) is 0.329. The number of ether oxygens (including phenoxy) is 2. The van der Waals surface area contributed by atoms with Gasteiger partial charge in [-0.05, 0) is 40.5 Å². The van der Waals surface area contributed by atoms with Crippen LogP contribution in [0.3, 0.4) is 0 Å². The van der Waals surface area contributed by atoms with E-state index in [4.69, 9.17) is 9.47 Å². The number of nitrogens with one attached hydrogen (secondary N) is 1. The highest BCUT2D eigenvalue weighted by molar-refractivity contribution is 5.68. The molecule has 0 aromatic carbocycles. The largest absolute Gasteiger partial charge is 0.444 e. The van der Waals surface area contributed by atoms with E-state index in [0.717, 1.165) is 12.8 Å². The summed E-state index contributed by atoms with van der Waals surface area (Å²) in [5.41, 5.74) is -1.21. The average molecular weight is 314 g/mol. The Morgan fingerprint density at radius 2 is 2.05 bits per heavy atom. The zero-order valence-electron chi connectivity index (χ0n) is 14.2. The summed E-state index contributed by atoms with van der Waals surface area (Å²) in [5.74, 6) is 0. The molecule has 0 bridgehead atoms. The number of amides is 1. The molecule has 1 amide bonds. The summed E-state index contributed by atoms with van der Waals surface area (Å²) < 4.78 is 10.8. The highest BCUT2D eigenvalue weighted by Gasteiger charge is 2.39. The minimum Gasteiger partial charge on any atom is -0.444 e. The van der Waals surface area contributed by atoms with E-state index >= 15 is 0 Å². The molecule has 2 unspecified atom stereocenters. The molecule has 2 rings (SSSR count). The molecule has 2 N–H and O–H groups in total. The fourth-order valence-corrected chi connectivity index (χ4v) is 2.92. The van der Waals surface area contributed by atoms with Gasteiger partial charge in [-0.3, -0.25) is 0 Å². The van der Waals surface area contributed by atoms with Crippen molar-refractivity contribution < 1.29 is 19.4 Å². The van der Waals surface area contributed by atoms with Gasteiger partial charge in [-0.15, -0.1) is 0 Å². The normalized spacial score (nSPS) is 30.6. The molecule has 2 atom stereocenters. The quantitative estimate of drug-likeness (QED) is 0.826. The number of piperidine rings is 1. The number of carbonyl (C=O) groups is 1. The number of aliphatic hydroxyl groups is 1. The van der Waals surface area contributed by atoms with Gasteiger partial charge in [0.05, 0.1) is 6.10 Å². The van der Waals surface area contributed by atoms with Crippen molar-refractivity contribution in [3.05, 3.63) is 0 Å². The number of carbonyl (C=O) groups excluding carboxylic acids is 1. The van der Waals surface area contributed by atoms with Gasteiger partial charge in [0.25, 0.3) is 0 Å². The van der Waals surface area contributed by atoms with E-state index in [1.54, 1.807) is 4.90 Å². The predicted octanol–water partition coefficient (Wildman–Crippen LogP) is 1.52. The lowest BCUT2D eigenvalue weighted by atomic mass is 9.95. The fourth-order valence-electron chi connectivity index (χ4n) is 2.92. The molecule has 0 aliphatic carbocycles. The van der Waals surface area contributed by atoms with Crippen molar-refractivity contribution in [3.8, 4) is 0 Å². The molecule has 6 nitrogen and oxygen atoms in total. The molecule has 2 aliphatic rings.